The third-order valence-corrected chi connectivity index (χ3v) is 3.04. The van der Waals surface area contributed by atoms with Crippen molar-refractivity contribution in [3.63, 3.8) is 0 Å². The summed E-state index contributed by atoms with van der Waals surface area (Å²) in [6.07, 6.45) is 8.03. The van der Waals surface area contributed by atoms with Crippen molar-refractivity contribution in [2.75, 3.05) is 19.6 Å². The number of nitrogens with zero attached hydrogens (tertiary/aromatic N) is 1. The van der Waals surface area contributed by atoms with Gasteiger partial charge in [0.15, 0.2) is 0 Å². The first-order chi connectivity index (χ1) is 6.60. The van der Waals surface area contributed by atoms with Crippen LogP contribution in [-0.4, -0.2) is 36.1 Å². The Balaban J connectivity index is 2.52. The topological polar surface area (TPSA) is 15.3 Å². The Morgan fingerprint density at radius 1 is 1.57 bits per heavy atom. The van der Waals surface area contributed by atoms with Gasteiger partial charge in [0.05, 0.1) is 5.54 Å². The molecular weight excluding hydrogens is 172 g/mol. The van der Waals surface area contributed by atoms with E-state index in [-0.39, 0.29) is 5.54 Å². The third kappa shape index (κ3) is 2.73. The van der Waals surface area contributed by atoms with E-state index in [0.717, 1.165) is 19.6 Å². The molecule has 0 radical (unpaired) electrons. The Kier molecular flexibility index (Phi) is 3.97. The van der Waals surface area contributed by atoms with Crippen LogP contribution in [0.2, 0.25) is 0 Å². The number of rotatable bonds is 3. The van der Waals surface area contributed by atoms with Crippen molar-refractivity contribution in [2.45, 2.75) is 45.2 Å². The van der Waals surface area contributed by atoms with Crippen molar-refractivity contribution >= 4 is 0 Å². The average Bonchev–Trinajstić information content (AvgIpc) is 2.19. The van der Waals surface area contributed by atoms with Crippen LogP contribution in [0.25, 0.3) is 0 Å². The SMILES string of the molecule is C#CC(C)(C)N1CCNC(CCC)C1. The minimum absolute atomic E-state index is 0.0892. The smallest absolute Gasteiger partial charge is 0.0767 e. The molecule has 0 amide bonds. The molecule has 2 nitrogen and oxygen atoms in total. The monoisotopic (exact) mass is 194 g/mol. The summed E-state index contributed by atoms with van der Waals surface area (Å²) in [7, 11) is 0. The number of hydrogen-bond donors (Lipinski definition) is 1. The molecule has 0 spiro atoms. The zero-order valence-corrected chi connectivity index (χ0v) is 9.64. The van der Waals surface area contributed by atoms with E-state index < -0.39 is 0 Å². The molecule has 0 aromatic rings. The second kappa shape index (κ2) is 4.82. The fourth-order valence-electron chi connectivity index (χ4n) is 1.97. The number of piperazine rings is 1. The van der Waals surface area contributed by atoms with E-state index in [1.807, 2.05) is 0 Å². The number of hydrogen-bond acceptors (Lipinski definition) is 2. The highest BCUT2D eigenvalue weighted by Gasteiger charge is 2.28. The number of terminal acetylenes is 1. The van der Waals surface area contributed by atoms with Gasteiger partial charge in [0, 0.05) is 25.7 Å². The second-order valence-electron chi connectivity index (χ2n) is 4.59. The van der Waals surface area contributed by atoms with Gasteiger partial charge in [-0.25, -0.2) is 0 Å². The molecule has 0 saturated carbocycles. The van der Waals surface area contributed by atoms with E-state index in [4.69, 9.17) is 6.42 Å². The Labute approximate surface area is 88.1 Å². The quantitative estimate of drug-likeness (QED) is 0.685. The first-order valence-electron chi connectivity index (χ1n) is 5.56. The summed E-state index contributed by atoms with van der Waals surface area (Å²) < 4.78 is 0. The highest BCUT2D eigenvalue weighted by atomic mass is 15.2. The number of nitrogens with one attached hydrogen (secondary N) is 1. The van der Waals surface area contributed by atoms with Crippen LogP contribution in [0, 0.1) is 12.3 Å². The normalized spacial score (nSPS) is 24.6. The molecule has 0 aromatic heterocycles. The Morgan fingerprint density at radius 3 is 2.86 bits per heavy atom. The van der Waals surface area contributed by atoms with Crippen LogP contribution < -0.4 is 5.32 Å². The van der Waals surface area contributed by atoms with Crippen LogP contribution in [0.4, 0.5) is 0 Å². The van der Waals surface area contributed by atoms with E-state index in [9.17, 15) is 0 Å². The van der Waals surface area contributed by atoms with Crippen molar-refractivity contribution in [1.29, 1.82) is 0 Å². The zero-order valence-electron chi connectivity index (χ0n) is 9.64. The molecule has 1 fully saturated rings. The molecule has 1 rings (SSSR count). The maximum Gasteiger partial charge on any atom is 0.0767 e. The maximum atomic E-state index is 5.54. The predicted molar refractivity (Wildman–Crippen MR) is 61.2 cm³/mol. The summed E-state index contributed by atoms with van der Waals surface area (Å²) in [5.41, 5.74) is -0.0892. The van der Waals surface area contributed by atoms with E-state index in [1.54, 1.807) is 0 Å². The Morgan fingerprint density at radius 2 is 2.29 bits per heavy atom. The van der Waals surface area contributed by atoms with Gasteiger partial charge in [0.25, 0.3) is 0 Å². The minimum Gasteiger partial charge on any atom is -0.311 e. The molecule has 0 aliphatic carbocycles. The summed E-state index contributed by atoms with van der Waals surface area (Å²) in [5.74, 6) is 2.87. The van der Waals surface area contributed by atoms with Gasteiger partial charge in [-0.2, -0.15) is 0 Å². The average molecular weight is 194 g/mol. The molecule has 1 unspecified atom stereocenters. The first-order valence-corrected chi connectivity index (χ1v) is 5.56. The molecule has 0 aromatic carbocycles. The van der Waals surface area contributed by atoms with Gasteiger partial charge in [-0.1, -0.05) is 19.3 Å². The van der Waals surface area contributed by atoms with E-state index in [0.29, 0.717) is 6.04 Å². The van der Waals surface area contributed by atoms with E-state index in [2.05, 4.69) is 36.9 Å². The molecule has 1 saturated heterocycles. The molecule has 0 bridgehead atoms. The highest BCUT2D eigenvalue weighted by Crippen LogP contribution is 2.16. The van der Waals surface area contributed by atoms with Gasteiger partial charge in [-0.3, -0.25) is 4.90 Å². The standard InChI is InChI=1S/C12H22N2/c1-5-7-11-10-14(9-8-13-11)12(3,4)6-2/h2,11,13H,5,7-10H2,1,3-4H3. The largest absolute Gasteiger partial charge is 0.311 e. The van der Waals surface area contributed by atoms with Crippen LogP contribution in [-0.2, 0) is 0 Å². The van der Waals surface area contributed by atoms with Crippen LogP contribution >= 0.6 is 0 Å². The lowest BCUT2D eigenvalue weighted by Crippen LogP contribution is -2.57. The summed E-state index contributed by atoms with van der Waals surface area (Å²) in [6, 6.07) is 0.626. The Bertz CT molecular complexity index is 213. The van der Waals surface area contributed by atoms with Crippen molar-refractivity contribution in [1.82, 2.24) is 10.2 Å². The predicted octanol–water partition coefficient (Wildman–Crippen LogP) is 1.47. The third-order valence-electron chi connectivity index (χ3n) is 3.04. The van der Waals surface area contributed by atoms with Crippen molar-refractivity contribution < 1.29 is 0 Å². The maximum absolute atomic E-state index is 5.54. The van der Waals surface area contributed by atoms with Gasteiger partial charge in [0.1, 0.15) is 0 Å². The van der Waals surface area contributed by atoms with Crippen molar-refractivity contribution in [3.05, 3.63) is 0 Å². The van der Waals surface area contributed by atoms with Crippen LogP contribution in [0.1, 0.15) is 33.6 Å². The Hall–Kier alpha value is -0.520. The molecule has 1 aliphatic rings. The fourth-order valence-corrected chi connectivity index (χ4v) is 1.97. The van der Waals surface area contributed by atoms with Gasteiger partial charge in [-0.05, 0) is 20.3 Å². The molecule has 1 N–H and O–H groups in total. The second-order valence-corrected chi connectivity index (χ2v) is 4.59. The van der Waals surface area contributed by atoms with Crippen molar-refractivity contribution in [2.24, 2.45) is 0 Å². The van der Waals surface area contributed by atoms with Gasteiger partial charge in [0.2, 0.25) is 0 Å². The fraction of sp³-hybridized carbons (Fsp3) is 0.833. The first kappa shape index (κ1) is 11.6. The molecule has 1 atom stereocenters. The van der Waals surface area contributed by atoms with E-state index in [1.165, 1.54) is 12.8 Å². The molecule has 1 heterocycles. The minimum atomic E-state index is -0.0892. The van der Waals surface area contributed by atoms with Gasteiger partial charge >= 0.3 is 0 Å². The summed E-state index contributed by atoms with van der Waals surface area (Å²) in [5, 5.41) is 3.54. The summed E-state index contributed by atoms with van der Waals surface area (Å²) in [6.45, 7) is 9.70. The van der Waals surface area contributed by atoms with Gasteiger partial charge < -0.3 is 5.32 Å². The van der Waals surface area contributed by atoms with Gasteiger partial charge in [-0.15, -0.1) is 6.42 Å². The molecule has 80 valence electrons. The lowest BCUT2D eigenvalue weighted by molar-refractivity contribution is 0.119. The molecule has 1 aliphatic heterocycles. The highest BCUT2D eigenvalue weighted by molar-refractivity contribution is 5.09. The summed E-state index contributed by atoms with van der Waals surface area (Å²) in [4.78, 5) is 2.41. The zero-order chi connectivity index (χ0) is 10.6. The van der Waals surface area contributed by atoms with E-state index >= 15 is 0 Å². The van der Waals surface area contributed by atoms with Crippen molar-refractivity contribution in [3.8, 4) is 12.3 Å². The lowest BCUT2D eigenvalue weighted by Gasteiger charge is -2.41. The van der Waals surface area contributed by atoms with Crippen LogP contribution in [0.15, 0.2) is 0 Å². The van der Waals surface area contributed by atoms with Crippen LogP contribution in [0.5, 0.6) is 0 Å². The lowest BCUT2D eigenvalue weighted by atomic mass is 10.00. The molecule has 2 heteroatoms. The van der Waals surface area contributed by atoms with Crippen LogP contribution in [0.3, 0.4) is 0 Å². The summed E-state index contributed by atoms with van der Waals surface area (Å²) >= 11 is 0. The molecular formula is C12H22N2. The molecule has 14 heavy (non-hydrogen) atoms.